The van der Waals surface area contributed by atoms with Crippen LogP contribution in [0.5, 0.6) is 0 Å². The molecule has 1 aliphatic heterocycles. The first-order chi connectivity index (χ1) is 19.5. The second-order valence-electron chi connectivity index (χ2n) is 9.64. The number of aryl methyl sites for hydroxylation is 2. The minimum Gasteiger partial charge on any atom is -0.338 e. The highest BCUT2D eigenvalue weighted by atomic mass is 32.1. The zero-order chi connectivity index (χ0) is 27.8. The molecule has 0 radical (unpaired) electrons. The van der Waals surface area contributed by atoms with Crippen molar-refractivity contribution in [1.29, 1.82) is 5.26 Å². The summed E-state index contributed by atoms with van der Waals surface area (Å²) in [5.74, 6) is 1.30. The first kappa shape index (κ1) is 25.9. The van der Waals surface area contributed by atoms with Crippen molar-refractivity contribution < 1.29 is 4.39 Å². The van der Waals surface area contributed by atoms with E-state index in [1.54, 1.807) is 12.1 Å². The molecule has 1 fully saturated rings. The number of nitrogens with zero attached hydrogens (tertiary/aromatic N) is 8. The van der Waals surface area contributed by atoms with Crippen molar-refractivity contribution >= 4 is 33.9 Å². The topological polar surface area (TPSA) is 98.3 Å². The summed E-state index contributed by atoms with van der Waals surface area (Å²) in [5.41, 5.74) is 5.82. The van der Waals surface area contributed by atoms with Gasteiger partial charge in [-0.1, -0.05) is 18.3 Å². The van der Waals surface area contributed by atoms with Gasteiger partial charge < -0.3 is 15.1 Å². The normalized spacial score (nSPS) is 13.5. The summed E-state index contributed by atoms with van der Waals surface area (Å²) in [6.45, 7) is 7.72. The van der Waals surface area contributed by atoms with Crippen LogP contribution in [0.15, 0.2) is 48.8 Å². The predicted molar refractivity (Wildman–Crippen MR) is 156 cm³/mol. The Morgan fingerprint density at radius 2 is 1.82 bits per heavy atom. The van der Waals surface area contributed by atoms with Crippen molar-refractivity contribution in [2.45, 2.75) is 20.3 Å². The van der Waals surface area contributed by atoms with E-state index in [1.165, 1.54) is 23.5 Å². The Kier molecular flexibility index (Phi) is 6.88. The number of imidazole rings is 1. The fraction of sp³-hybridized carbons (Fsp3) is 0.276. The Hall–Kier alpha value is -4.40. The first-order valence-electron chi connectivity index (χ1n) is 13.2. The molecule has 0 amide bonds. The number of thiazole rings is 1. The summed E-state index contributed by atoms with van der Waals surface area (Å²) >= 11 is 1.30. The summed E-state index contributed by atoms with van der Waals surface area (Å²) in [5, 5.41) is 13.8. The van der Waals surface area contributed by atoms with Crippen LogP contribution < -0.4 is 15.1 Å². The monoisotopic (exact) mass is 553 g/mol. The fourth-order valence-corrected chi connectivity index (χ4v) is 5.86. The highest BCUT2D eigenvalue weighted by Crippen LogP contribution is 2.37. The number of pyridine rings is 1. The van der Waals surface area contributed by atoms with E-state index in [0.29, 0.717) is 21.3 Å². The fourth-order valence-electron chi connectivity index (χ4n) is 5.01. The van der Waals surface area contributed by atoms with Crippen molar-refractivity contribution in [3.05, 3.63) is 70.9 Å². The number of hydrogen-bond acceptors (Lipinski definition) is 9. The van der Waals surface area contributed by atoms with Crippen molar-refractivity contribution in [3.8, 4) is 28.5 Å². The van der Waals surface area contributed by atoms with Crippen LogP contribution in [0.3, 0.4) is 0 Å². The molecule has 5 heterocycles. The lowest BCUT2D eigenvalue weighted by atomic mass is 10.1. The van der Waals surface area contributed by atoms with Crippen LogP contribution in [-0.2, 0) is 6.42 Å². The number of anilines is 3. The molecule has 0 unspecified atom stereocenters. The highest BCUT2D eigenvalue weighted by Gasteiger charge is 2.22. The SMILES string of the molecule is CCc1nc2ccc(-c3cnc(N4CCNCC4)nc3C)cn2c1N(C)c1nc(-c2ccc(F)cc2)c(C#N)s1. The summed E-state index contributed by atoms with van der Waals surface area (Å²) in [6, 6.07) is 12.3. The Labute approximate surface area is 235 Å². The molecule has 5 aromatic rings. The van der Waals surface area contributed by atoms with Gasteiger partial charge >= 0.3 is 0 Å². The van der Waals surface area contributed by atoms with Gasteiger partial charge in [0, 0.05) is 62.3 Å². The maximum absolute atomic E-state index is 13.5. The second-order valence-corrected chi connectivity index (χ2v) is 10.6. The van der Waals surface area contributed by atoms with Crippen molar-refractivity contribution in [3.63, 3.8) is 0 Å². The molecule has 0 atom stereocenters. The lowest BCUT2D eigenvalue weighted by molar-refractivity contribution is 0.579. The predicted octanol–water partition coefficient (Wildman–Crippen LogP) is 4.97. The van der Waals surface area contributed by atoms with Gasteiger partial charge in [-0.05, 0) is 49.7 Å². The Morgan fingerprint density at radius 3 is 2.52 bits per heavy atom. The third kappa shape index (κ3) is 4.65. The molecule has 1 aliphatic rings. The largest absolute Gasteiger partial charge is 0.338 e. The summed E-state index contributed by atoms with van der Waals surface area (Å²) in [4.78, 5) is 23.8. The highest BCUT2D eigenvalue weighted by molar-refractivity contribution is 7.16. The molecule has 6 rings (SSSR count). The van der Waals surface area contributed by atoms with E-state index in [2.05, 4.69) is 33.8 Å². The maximum atomic E-state index is 13.5. The molecule has 1 saturated heterocycles. The van der Waals surface area contributed by atoms with Crippen LogP contribution in [0, 0.1) is 24.1 Å². The second kappa shape index (κ2) is 10.6. The Bertz CT molecular complexity index is 1730. The summed E-state index contributed by atoms with van der Waals surface area (Å²) in [7, 11) is 1.93. The number of hydrogen-bond donors (Lipinski definition) is 1. The van der Waals surface area contributed by atoms with Crippen molar-refractivity contribution in [2.24, 2.45) is 0 Å². The number of benzene rings is 1. The van der Waals surface area contributed by atoms with Crippen molar-refractivity contribution in [2.75, 3.05) is 43.0 Å². The number of nitrogens with one attached hydrogen (secondary N) is 1. The molecule has 1 aromatic carbocycles. The van der Waals surface area contributed by atoms with E-state index in [4.69, 9.17) is 19.9 Å². The van der Waals surface area contributed by atoms with Gasteiger partial charge in [0.15, 0.2) is 5.13 Å². The zero-order valence-corrected chi connectivity index (χ0v) is 23.3. The van der Waals surface area contributed by atoms with Crippen LogP contribution in [-0.4, -0.2) is 57.6 Å². The number of aromatic nitrogens is 5. The summed E-state index contributed by atoms with van der Waals surface area (Å²) < 4.78 is 15.6. The van der Waals surface area contributed by atoms with Gasteiger partial charge in [0.2, 0.25) is 5.95 Å². The van der Waals surface area contributed by atoms with E-state index in [-0.39, 0.29) is 5.82 Å². The number of nitriles is 1. The van der Waals surface area contributed by atoms with E-state index < -0.39 is 0 Å². The standard InChI is InChI=1S/C29H28FN9S/c1-4-23-27(37(3)29-36-26(24(15-31)40-29)19-5-8-21(30)9-6-19)39-17-20(7-10-25(39)35-23)22-16-33-28(34-18(22)2)38-13-11-32-12-14-38/h5-10,16-17,32H,4,11-14H2,1-3H3. The van der Waals surface area contributed by atoms with E-state index >= 15 is 0 Å². The van der Waals surface area contributed by atoms with Gasteiger partial charge in [-0.2, -0.15) is 5.26 Å². The average Bonchev–Trinajstić information content (AvgIpc) is 3.59. The number of fused-ring (bicyclic) bond motifs is 1. The Balaban J connectivity index is 1.39. The van der Waals surface area contributed by atoms with E-state index in [1.807, 2.05) is 37.2 Å². The van der Waals surface area contributed by atoms with Gasteiger partial charge in [0.25, 0.3) is 0 Å². The zero-order valence-electron chi connectivity index (χ0n) is 22.5. The smallest absolute Gasteiger partial charge is 0.225 e. The lowest BCUT2D eigenvalue weighted by Crippen LogP contribution is -2.44. The van der Waals surface area contributed by atoms with Crippen molar-refractivity contribution in [1.82, 2.24) is 29.7 Å². The van der Waals surface area contributed by atoms with Gasteiger partial charge in [-0.25, -0.2) is 24.3 Å². The average molecular weight is 554 g/mol. The van der Waals surface area contributed by atoms with Gasteiger partial charge in [-0.15, -0.1) is 0 Å². The van der Waals surface area contributed by atoms with Crippen LogP contribution in [0.25, 0.3) is 28.0 Å². The molecule has 0 spiro atoms. The maximum Gasteiger partial charge on any atom is 0.225 e. The third-order valence-corrected chi connectivity index (χ3v) is 8.15. The van der Waals surface area contributed by atoms with Crippen LogP contribution in [0.1, 0.15) is 23.2 Å². The molecule has 0 saturated carbocycles. The van der Waals surface area contributed by atoms with Gasteiger partial charge in [-0.3, -0.25) is 4.40 Å². The minimum absolute atomic E-state index is 0.331. The molecular formula is C29H28FN9S. The van der Waals surface area contributed by atoms with E-state index in [9.17, 15) is 9.65 Å². The molecule has 0 aliphatic carbocycles. The van der Waals surface area contributed by atoms with Gasteiger partial charge in [0.05, 0.1) is 11.4 Å². The number of rotatable bonds is 6. The summed E-state index contributed by atoms with van der Waals surface area (Å²) in [6.07, 6.45) is 4.68. The first-order valence-corrected chi connectivity index (χ1v) is 14.0. The molecule has 1 N–H and O–H groups in total. The van der Waals surface area contributed by atoms with Crippen LogP contribution in [0.4, 0.5) is 21.3 Å². The Morgan fingerprint density at radius 1 is 1.07 bits per heavy atom. The molecular weight excluding hydrogens is 525 g/mol. The molecule has 9 nitrogen and oxygen atoms in total. The van der Waals surface area contributed by atoms with E-state index in [0.717, 1.165) is 72.5 Å². The third-order valence-electron chi connectivity index (χ3n) is 7.11. The quantitative estimate of drug-likeness (QED) is 0.315. The molecule has 40 heavy (non-hydrogen) atoms. The van der Waals surface area contributed by atoms with Crippen LogP contribution >= 0.6 is 11.3 Å². The molecule has 4 aromatic heterocycles. The van der Waals surface area contributed by atoms with Crippen LogP contribution in [0.2, 0.25) is 0 Å². The lowest BCUT2D eigenvalue weighted by Gasteiger charge is -2.27. The minimum atomic E-state index is -0.331. The molecule has 11 heteroatoms. The number of piperazine rings is 1. The van der Waals surface area contributed by atoms with Gasteiger partial charge in [0.1, 0.15) is 33.9 Å². The number of halogens is 1. The molecule has 202 valence electrons. The molecule has 0 bridgehead atoms.